The minimum atomic E-state index is -0.961. The molecule has 2 aromatic heterocycles. The normalized spacial score (nSPS) is 16.4. The summed E-state index contributed by atoms with van der Waals surface area (Å²) in [6.45, 7) is 1.86. The van der Waals surface area contributed by atoms with Gasteiger partial charge in [-0.1, -0.05) is 23.2 Å². The Kier molecular flexibility index (Phi) is 6.17. The first-order valence-corrected chi connectivity index (χ1v) is 10.3. The predicted molar refractivity (Wildman–Crippen MR) is 115 cm³/mol. The third-order valence-corrected chi connectivity index (χ3v) is 5.58. The summed E-state index contributed by atoms with van der Waals surface area (Å²) in [6.07, 6.45) is 5.09. The number of nitrogens with one attached hydrogen (secondary N) is 2. The maximum absolute atomic E-state index is 11.4. The van der Waals surface area contributed by atoms with Gasteiger partial charge in [-0.3, -0.25) is 9.36 Å². The average molecular weight is 447 g/mol. The molecule has 1 saturated heterocycles. The topological polar surface area (TPSA) is 105 Å². The minimum absolute atomic E-state index is 0.201. The van der Waals surface area contributed by atoms with Gasteiger partial charge in [0.25, 0.3) is 0 Å². The van der Waals surface area contributed by atoms with E-state index in [1.165, 1.54) is 6.20 Å². The van der Waals surface area contributed by atoms with Crippen LogP contribution in [0, 0.1) is 0 Å². The molecule has 1 aliphatic heterocycles. The van der Waals surface area contributed by atoms with Crippen LogP contribution in [0.1, 0.15) is 18.5 Å². The molecular weight excluding hydrogens is 427 g/mol. The monoisotopic (exact) mass is 446 g/mol. The lowest BCUT2D eigenvalue weighted by molar-refractivity contribution is -0.136. The van der Waals surface area contributed by atoms with Crippen LogP contribution in [-0.2, 0) is 11.2 Å². The summed E-state index contributed by atoms with van der Waals surface area (Å²) in [5.74, 6) is 0.564. The summed E-state index contributed by atoms with van der Waals surface area (Å²) < 4.78 is 1.71. The van der Waals surface area contributed by atoms with E-state index in [2.05, 4.69) is 25.6 Å². The molecule has 1 unspecified atom stereocenters. The molecule has 0 spiro atoms. The standard InChI is InChI=1S/C20H20Cl2N6O2/c21-15-4-3-12(8-16(15)22)19-25-11-14(9-18(29)30)28(19)17-5-7-24-20(27-17)26-13-2-1-6-23-10-13/h3-5,7-8,11,13,23H,1-2,6,9-10H2,(H,29,30)(H,24,26,27). The van der Waals surface area contributed by atoms with Gasteiger partial charge in [-0.05, 0) is 43.7 Å². The van der Waals surface area contributed by atoms with Crippen LogP contribution in [0.5, 0.6) is 0 Å². The van der Waals surface area contributed by atoms with E-state index in [4.69, 9.17) is 23.2 Å². The molecule has 0 amide bonds. The zero-order valence-electron chi connectivity index (χ0n) is 16.0. The summed E-state index contributed by atoms with van der Waals surface area (Å²) in [7, 11) is 0. The van der Waals surface area contributed by atoms with Gasteiger partial charge in [0.15, 0.2) is 0 Å². The SMILES string of the molecule is O=C(O)Cc1cnc(-c2ccc(Cl)c(Cl)c2)n1-c1ccnc(NC2CCCNC2)n1. The third kappa shape index (κ3) is 4.56. The molecule has 1 aromatic carbocycles. The van der Waals surface area contributed by atoms with Crippen molar-refractivity contribution in [1.29, 1.82) is 0 Å². The Morgan fingerprint density at radius 2 is 2.13 bits per heavy atom. The van der Waals surface area contributed by atoms with Crippen molar-refractivity contribution in [1.82, 2.24) is 24.8 Å². The van der Waals surface area contributed by atoms with Gasteiger partial charge in [-0.15, -0.1) is 0 Å². The van der Waals surface area contributed by atoms with E-state index in [-0.39, 0.29) is 12.5 Å². The van der Waals surface area contributed by atoms with Gasteiger partial charge in [0, 0.05) is 30.5 Å². The third-order valence-electron chi connectivity index (χ3n) is 4.85. The van der Waals surface area contributed by atoms with Crippen LogP contribution in [0.15, 0.2) is 36.7 Å². The van der Waals surface area contributed by atoms with Crippen molar-refractivity contribution >= 4 is 35.1 Å². The van der Waals surface area contributed by atoms with E-state index in [1.54, 1.807) is 35.0 Å². The van der Waals surface area contributed by atoms with E-state index in [0.717, 1.165) is 25.9 Å². The van der Waals surface area contributed by atoms with Gasteiger partial charge in [-0.2, -0.15) is 4.98 Å². The number of piperidine rings is 1. The minimum Gasteiger partial charge on any atom is -0.481 e. The summed E-state index contributed by atoms with van der Waals surface area (Å²) in [5, 5.41) is 16.8. The molecule has 0 radical (unpaired) electrons. The highest BCUT2D eigenvalue weighted by atomic mass is 35.5. The van der Waals surface area contributed by atoms with Crippen molar-refractivity contribution in [2.45, 2.75) is 25.3 Å². The summed E-state index contributed by atoms with van der Waals surface area (Å²) in [5.41, 5.74) is 1.19. The van der Waals surface area contributed by atoms with Gasteiger partial charge in [0.2, 0.25) is 5.95 Å². The number of aliphatic carboxylic acids is 1. The molecule has 8 nitrogen and oxygen atoms in total. The van der Waals surface area contributed by atoms with Crippen molar-refractivity contribution in [2.24, 2.45) is 0 Å². The molecule has 3 N–H and O–H groups in total. The van der Waals surface area contributed by atoms with Crippen LogP contribution in [0.4, 0.5) is 5.95 Å². The molecule has 10 heteroatoms. The molecule has 156 valence electrons. The van der Waals surface area contributed by atoms with Crippen molar-refractivity contribution in [3.63, 3.8) is 0 Å². The number of carbonyl (C=O) groups is 1. The number of carboxylic acids is 1. The Bertz CT molecular complexity index is 1070. The highest BCUT2D eigenvalue weighted by Gasteiger charge is 2.19. The van der Waals surface area contributed by atoms with Crippen molar-refractivity contribution in [3.05, 3.63) is 52.4 Å². The number of rotatable bonds is 6. The first-order valence-electron chi connectivity index (χ1n) is 9.56. The van der Waals surface area contributed by atoms with Crippen molar-refractivity contribution in [2.75, 3.05) is 18.4 Å². The Hall–Kier alpha value is -2.68. The second-order valence-corrected chi connectivity index (χ2v) is 7.85. The Morgan fingerprint density at radius 1 is 1.27 bits per heavy atom. The van der Waals surface area contributed by atoms with E-state index in [1.807, 2.05) is 0 Å². The van der Waals surface area contributed by atoms with E-state index in [0.29, 0.717) is 38.9 Å². The lowest BCUT2D eigenvalue weighted by Crippen LogP contribution is -2.38. The van der Waals surface area contributed by atoms with E-state index >= 15 is 0 Å². The fourth-order valence-corrected chi connectivity index (χ4v) is 3.76. The average Bonchev–Trinajstić information content (AvgIpc) is 3.14. The van der Waals surface area contributed by atoms with Crippen LogP contribution in [0.25, 0.3) is 17.2 Å². The highest BCUT2D eigenvalue weighted by molar-refractivity contribution is 6.42. The lowest BCUT2D eigenvalue weighted by atomic mass is 10.1. The number of anilines is 1. The smallest absolute Gasteiger partial charge is 0.309 e. The largest absolute Gasteiger partial charge is 0.481 e. The number of halogens is 2. The van der Waals surface area contributed by atoms with Crippen LogP contribution < -0.4 is 10.6 Å². The fourth-order valence-electron chi connectivity index (χ4n) is 3.46. The van der Waals surface area contributed by atoms with Gasteiger partial charge in [-0.25, -0.2) is 9.97 Å². The number of aromatic nitrogens is 4. The Labute approximate surface area is 183 Å². The highest BCUT2D eigenvalue weighted by Crippen LogP contribution is 2.30. The molecule has 4 rings (SSSR count). The van der Waals surface area contributed by atoms with Gasteiger partial charge in [0.05, 0.1) is 22.2 Å². The molecule has 1 aliphatic rings. The molecule has 0 bridgehead atoms. The second kappa shape index (κ2) is 8.99. The first kappa shape index (κ1) is 20.6. The predicted octanol–water partition coefficient (Wildman–Crippen LogP) is 3.43. The molecule has 0 aliphatic carbocycles. The van der Waals surface area contributed by atoms with Crippen LogP contribution in [0.3, 0.4) is 0 Å². The molecule has 30 heavy (non-hydrogen) atoms. The summed E-state index contributed by atoms with van der Waals surface area (Å²) >= 11 is 12.2. The Balaban J connectivity index is 1.74. The molecule has 0 saturated carbocycles. The number of carboxylic acid groups (broad SMARTS) is 1. The summed E-state index contributed by atoms with van der Waals surface area (Å²) in [4.78, 5) is 24.8. The zero-order valence-corrected chi connectivity index (χ0v) is 17.5. The van der Waals surface area contributed by atoms with Crippen LogP contribution >= 0.6 is 23.2 Å². The van der Waals surface area contributed by atoms with E-state index < -0.39 is 5.97 Å². The second-order valence-electron chi connectivity index (χ2n) is 7.03. The van der Waals surface area contributed by atoms with Crippen LogP contribution in [0.2, 0.25) is 10.0 Å². The number of hydrogen-bond donors (Lipinski definition) is 3. The molecular formula is C20H20Cl2N6O2. The maximum atomic E-state index is 11.4. The van der Waals surface area contributed by atoms with Gasteiger partial charge < -0.3 is 15.7 Å². The molecule has 1 fully saturated rings. The molecule has 1 atom stereocenters. The van der Waals surface area contributed by atoms with Gasteiger partial charge in [0.1, 0.15) is 11.6 Å². The lowest BCUT2D eigenvalue weighted by Gasteiger charge is -2.24. The quantitative estimate of drug-likeness (QED) is 0.532. The first-order chi connectivity index (χ1) is 14.5. The summed E-state index contributed by atoms with van der Waals surface area (Å²) in [6, 6.07) is 7.12. The number of nitrogens with zero attached hydrogens (tertiary/aromatic N) is 4. The van der Waals surface area contributed by atoms with Gasteiger partial charge >= 0.3 is 5.97 Å². The number of benzene rings is 1. The van der Waals surface area contributed by atoms with Crippen molar-refractivity contribution in [3.8, 4) is 17.2 Å². The fraction of sp³-hybridized carbons (Fsp3) is 0.300. The van der Waals surface area contributed by atoms with E-state index in [9.17, 15) is 9.90 Å². The van der Waals surface area contributed by atoms with Crippen LogP contribution in [-0.4, -0.2) is 49.7 Å². The molecule has 3 heterocycles. The number of hydrogen-bond acceptors (Lipinski definition) is 6. The Morgan fingerprint density at radius 3 is 2.87 bits per heavy atom. The van der Waals surface area contributed by atoms with Crippen molar-refractivity contribution < 1.29 is 9.90 Å². The zero-order chi connectivity index (χ0) is 21.1. The maximum Gasteiger partial charge on any atom is 0.309 e. The molecule has 3 aromatic rings. The number of imidazole rings is 1.